The van der Waals surface area contributed by atoms with Crippen molar-refractivity contribution in [1.29, 1.82) is 0 Å². The van der Waals surface area contributed by atoms with Crippen LogP contribution < -0.4 is 10.1 Å². The van der Waals surface area contributed by atoms with Crippen LogP contribution in [-0.4, -0.2) is 21.4 Å². The van der Waals surface area contributed by atoms with Crippen LogP contribution in [0.25, 0.3) is 0 Å². The number of aromatic nitrogens is 1. The summed E-state index contributed by atoms with van der Waals surface area (Å²) in [6, 6.07) is 17.8. The second-order valence-corrected chi connectivity index (χ2v) is 7.11. The first-order valence-corrected chi connectivity index (χ1v) is 9.52. The Morgan fingerprint density at radius 1 is 1.00 bits per heavy atom. The van der Waals surface area contributed by atoms with Crippen LogP contribution in [0.5, 0.6) is 11.6 Å². The minimum atomic E-state index is -1.07. The van der Waals surface area contributed by atoms with E-state index < -0.39 is 10.8 Å². The fourth-order valence-corrected chi connectivity index (χ4v) is 2.76. The number of nitrogens with one attached hydrogen (secondary N) is 1. The summed E-state index contributed by atoms with van der Waals surface area (Å²) in [4.78, 5) is 17.1. The molecule has 0 bridgehead atoms. The van der Waals surface area contributed by atoms with E-state index in [0.717, 1.165) is 5.56 Å². The van der Waals surface area contributed by atoms with E-state index in [1.807, 2.05) is 31.2 Å². The molecule has 0 aliphatic heterocycles. The third kappa shape index (κ3) is 4.55. The molecule has 0 saturated carbocycles. The zero-order valence-corrected chi connectivity index (χ0v) is 15.2. The Bertz CT molecular complexity index is 921. The number of anilines is 1. The standard InChI is InChI=1S/C20H18N2O3S/c1-14-3-8-17(9-4-14)25-19-12-7-16(13-21-19)22-20(23)15-5-10-18(11-6-15)26(2)24/h3-13H,1-2H3,(H,22,23). The number of benzene rings is 2. The van der Waals surface area contributed by atoms with Gasteiger partial charge < -0.3 is 10.1 Å². The molecule has 1 amide bonds. The predicted octanol–water partition coefficient (Wildman–Crippen LogP) is 4.17. The van der Waals surface area contributed by atoms with E-state index in [1.165, 1.54) is 6.20 Å². The van der Waals surface area contributed by atoms with Crippen molar-refractivity contribution in [2.45, 2.75) is 11.8 Å². The van der Waals surface area contributed by atoms with E-state index >= 15 is 0 Å². The van der Waals surface area contributed by atoms with Gasteiger partial charge in [0, 0.05) is 33.6 Å². The molecule has 0 fully saturated rings. The highest BCUT2D eigenvalue weighted by Crippen LogP contribution is 2.21. The highest BCUT2D eigenvalue weighted by Gasteiger charge is 2.08. The molecule has 2 aromatic carbocycles. The predicted molar refractivity (Wildman–Crippen MR) is 102 cm³/mol. The smallest absolute Gasteiger partial charge is 0.255 e. The van der Waals surface area contributed by atoms with Crippen LogP contribution in [0.15, 0.2) is 71.8 Å². The van der Waals surface area contributed by atoms with Gasteiger partial charge in [-0.2, -0.15) is 0 Å². The van der Waals surface area contributed by atoms with Crippen molar-refractivity contribution in [1.82, 2.24) is 4.98 Å². The Kier molecular flexibility index (Phi) is 5.43. The molecule has 1 atom stereocenters. The number of aryl methyl sites for hydroxylation is 1. The maximum absolute atomic E-state index is 12.3. The number of pyridine rings is 1. The summed E-state index contributed by atoms with van der Waals surface area (Å²) < 4.78 is 17.0. The molecule has 0 spiro atoms. The molecular formula is C20H18N2O3S. The van der Waals surface area contributed by atoms with Gasteiger partial charge in [0.2, 0.25) is 5.88 Å². The van der Waals surface area contributed by atoms with Gasteiger partial charge in [-0.25, -0.2) is 4.98 Å². The minimum Gasteiger partial charge on any atom is -0.439 e. The third-order valence-electron chi connectivity index (χ3n) is 3.69. The lowest BCUT2D eigenvalue weighted by molar-refractivity contribution is 0.102. The van der Waals surface area contributed by atoms with Gasteiger partial charge >= 0.3 is 0 Å². The second-order valence-electron chi connectivity index (χ2n) is 5.73. The monoisotopic (exact) mass is 366 g/mol. The summed E-state index contributed by atoms with van der Waals surface area (Å²) in [7, 11) is -1.07. The highest BCUT2D eigenvalue weighted by atomic mass is 32.2. The summed E-state index contributed by atoms with van der Waals surface area (Å²) in [5, 5.41) is 2.77. The first kappa shape index (κ1) is 17.8. The lowest BCUT2D eigenvalue weighted by Crippen LogP contribution is -2.12. The number of hydrogen-bond acceptors (Lipinski definition) is 4. The lowest BCUT2D eigenvalue weighted by atomic mass is 10.2. The fraction of sp³-hybridized carbons (Fsp3) is 0.100. The van der Waals surface area contributed by atoms with Gasteiger partial charge in [-0.05, 0) is 49.4 Å². The van der Waals surface area contributed by atoms with Crippen molar-refractivity contribution >= 4 is 22.4 Å². The number of amides is 1. The van der Waals surface area contributed by atoms with Crippen molar-refractivity contribution in [2.75, 3.05) is 11.6 Å². The average Bonchev–Trinajstić information content (AvgIpc) is 2.65. The van der Waals surface area contributed by atoms with Gasteiger partial charge in [-0.3, -0.25) is 9.00 Å². The van der Waals surface area contributed by atoms with Crippen LogP contribution in [0, 0.1) is 6.92 Å². The Labute approximate surface area is 154 Å². The molecule has 0 aliphatic carbocycles. The summed E-state index contributed by atoms with van der Waals surface area (Å²) in [6.07, 6.45) is 3.14. The molecular weight excluding hydrogens is 348 g/mol. The molecule has 1 unspecified atom stereocenters. The Morgan fingerprint density at radius 3 is 2.27 bits per heavy atom. The van der Waals surface area contributed by atoms with Crippen LogP contribution in [-0.2, 0) is 10.8 Å². The second kappa shape index (κ2) is 7.93. The van der Waals surface area contributed by atoms with Crippen LogP contribution >= 0.6 is 0 Å². The first-order chi connectivity index (χ1) is 12.5. The van der Waals surface area contributed by atoms with Crippen molar-refractivity contribution < 1.29 is 13.7 Å². The summed E-state index contributed by atoms with van der Waals surface area (Å²) in [5.41, 5.74) is 2.20. The lowest BCUT2D eigenvalue weighted by Gasteiger charge is -2.08. The van der Waals surface area contributed by atoms with Gasteiger partial charge in [0.15, 0.2) is 0 Å². The third-order valence-corrected chi connectivity index (χ3v) is 4.62. The molecule has 0 aliphatic rings. The normalized spacial score (nSPS) is 11.6. The fourth-order valence-electron chi connectivity index (χ4n) is 2.24. The molecule has 26 heavy (non-hydrogen) atoms. The number of hydrogen-bond donors (Lipinski definition) is 1. The SMILES string of the molecule is Cc1ccc(Oc2ccc(NC(=O)c3ccc(S(C)=O)cc3)cn2)cc1. The van der Waals surface area contributed by atoms with Gasteiger partial charge in [-0.15, -0.1) is 0 Å². The average molecular weight is 366 g/mol. The molecule has 0 saturated heterocycles. The summed E-state index contributed by atoms with van der Waals surface area (Å²) in [6.45, 7) is 2.01. The van der Waals surface area contributed by atoms with Gasteiger partial charge in [0.05, 0.1) is 11.9 Å². The number of rotatable bonds is 5. The molecule has 5 nitrogen and oxygen atoms in total. The Morgan fingerprint density at radius 2 is 1.69 bits per heavy atom. The van der Waals surface area contributed by atoms with Crippen LogP contribution in [0.2, 0.25) is 0 Å². The molecule has 1 heterocycles. The maximum atomic E-state index is 12.3. The largest absolute Gasteiger partial charge is 0.439 e. The van der Waals surface area contributed by atoms with E-state index in [0.29, 0.717) is 27.8 Å². The number of carbonyl (C=O) groups is 1. The molecule has 1 aromatic heterocycles. The first-order valence-electron chi connectivity index (χ1n) is 7.97. The summed E-state index contributed by atoms with van der Waals surface area (Å²) >= 11 is 0. The van der Waals surface area contributed by atoms with E-state index in [9.17, 15) is 9.00 Å². The van der Waals surface area contributed by atoms with Crippen LogP contribution in [0.4, 0.5) is 5.69 Å². The zero-order valence-electron chi connectivity index (χ0n) is 14.4. The number of ether oxygens (including phenoxy) is 1. The minimum absolute atomic E-state index is 0.257. The van der Waals surface area contributed by atoms with Gasteiger partial charge in [0.1, 0.15) is 5.75 Å². The Balaban J connectivity index is 1.64. The molecule has 3 rings (SSSR count). The van der Waals surface area contributed by atoms with Crippen LogP contribution in [0.1, 0.15) is 15.9 Å². The van der Waals surface area contributed by atoms with Crippen molar-refractivity contribution in [3.05, 3.63) is 78.0 Å². The molecule has 132 valence electrons. The molecule has 3 aromatic rings. The van der Waals surface area contributed by atoms with Crippen LogP contribution in [0.3, 0.4) is 0 Å². The van der Waals surface area contributed by atoms with E-state index in [1.54, 1.807) is 42.7 Å². The maximum Gasteiger partial charge on any atom is 0.255 e. The van der Waals surface area contributed by atoms with Crippen molar-refractivity contribution in [3.63, 3.8) is 0 Å². The quantitative estimate of drug-likeness (QED) is 0.736. The number of carbonyl (C=O) groups excluding carboxylic acids is 1. The van der Waals surface area contributed by atoms with Crippen molar-refractivity contribution in [2.24, 2.45) is 0 Å². The van der Waals surface area contributed by atoms with E-state index in [4.69, 9.17) is 4.74 Å². The van der Waals surface area contributed by atoms with E-state index in [2.05, 4.69) is 10.3 Å². The Hall–Kier alpha value is -2.99. The molecule has 6 heteroatoms. The highest BCUT2D eigenvalue weighted by molar-refractivity contribution is 7.84. The number of nitrogens with zero attached hydrogens (tertiary/aromatic N) is 1. The zero-order chi connectivity index (χ0) is 18.5. The molecule has 1 N–H and O–H groups in total. The molecule has 0 radical (unpaired) electrons. The van der Waals surface area contributed by atoms with Crippen molar-refractivity contribution in [3.8, 4) is 11.6 Å². The topological polar surface area (TPSA) is 68.3 Å². The van der Waals surface area contributed by atoms with Gasteiger partial charge in [0.25, 0.3) is 5.91 Å². The van der Waals surface area contributed by atoms with E-state index in [-0.39, 0.29) is 5.91 Å². The summed E-state index contributed by atoms with van der Waals surface area (Å²) in [5.74, 6) is 0.891. The van der Waals surface area contributed by atoms with Gasteiger partial charge in [-0.1, -0.05) is 17.7 Å².